The highest BCUT2D eigenvalue weighted by Crippen LogP contribution is 2.40. The van der Waals surface area contributed by atoms with Gasteiger partial charge in [-0.3, -0.25) is 9.59 Å². The number of aliphatic hydroxyl groups excluding tert-OH is 1. The number of rotatable bonds is 9. The summed E-state index contributed by atoms with van der Waals surface area (Å²) < 4.78 is 30.9. The van der Waals surface area contributed by atoms with E-state index >= 15 is 0 Å². The second-order valence-corrected chi connectivity index (χ2v) is 9.68. The number of methoxy groups -OCH3 is 1. The van der Waals surface area contributed by atoms with Crippen molar-refractivity contribution in [3.63, 3.8) is 0 Å². The van der Waals surface area contributed by atoms with E-state index in [4.69, 9.17) is 13.9 Å². The topological polar surface area (TPSA) is 89.2 Å². The van der Waals surface area contributed by atoms with Crippen LogP contribution in [0.2, 0.25) is 0 Å². The summed E-state index contributed by atoms with van der Waals surface area (Å²) in [6, 6.07) is 19.0. The van der Waals surface area contributed by atoms with Gasteiger partial charge in [-0.2, -0.15) is 0 Å². The smallest absolute Gasteiger partial charge is 0.290 e. The number of carbonyl (C=O) groups excluding carboxylic acids is 2. The molecule has 7 nitrogen and oxygen atoms in total. The maximum Gasteiger partial charge on any atom is 0.290 e. The molecule has 3 aromatic carbocycles. The molecule has 1 unspecified atom stereocenters. The monoisotopic (exact) mass is 579 g/mol. The SMILES string of the molecule is COCCN1C(=O)C(O)=C(C(=O)c2cc3cc(Br)ccc3o2)C1c1cccc(OCc2ccc(F)cc2)c1. The van der Waals surface area contributed by atoms with Crippen molar-refractivity contribution in [1.29, 1.82) is 0 Å². The molecule has 2 heterocycles. The van der Waals surface area contributed by atoms with Gasteiger partial charge >= 0.3 is 0 Å². The highest BCUT2D eigenvalue weighted by molar-refractivity contribution is 9.10. The number of hydrogen-bond acceptors (Lipinski definition) is 6. The number of Topliss-reactive ketones (excluding diaryl/α,β-unsaturated/α-hetero) is 1. The first-order valence-electron chi connectivity index (χ1n) is 11.8. The molecule has 38 heavy (non-hydrogen) atoms. The number of hydrogen-bond donors (Lipinski definition) is 1. The third-order valence-electron chi connectivity index (χ3n) is 6.28. The maximum atomic E-state index is 13.7. The lowest BCUT2D eigenvalue weighted by Gasteiger charge is -2.26. The number of benzene rings is 3. The minimum absolute atomic E-state index is 0.00903. The number of amides is 1. The van der Waals surface area contributed by atoms with Crippen LogP contribution in [0.5, 0.6) is 5.75 Å². The Morgan fingerprint density at radius 2 is 1.89 bits per heavy atom. The van der Waals surface area contributed by atoms with E-state index in [2.05, 4.69) is 15.9 Å². The van der Waals surface area contributed by atoms with Crippen LogP contribution >= 0.6 is 15.9 Å². The molecule has 1 aromatic heterocycles. The molecule has 0 spiro atoms. The second-order valence-electron chi connectivity index (χ2n) is 8.77. The van der Waals surface area contributed by atoms with Crippen LogP contribution in [-0.4, -0.2) is 42.0 Å². The Kier molecular flexibility index (Phi) is 7.31. The number of ether oxygens (including phenoxy) is 2. The van der Waals surface area contributed by atoms with Gasteiger partial charge in [0.15, 0.2) is 11.5 Å². The maximum absolute atomic E-state index is 13.7. The molecule has 1 amide bonds. The Morgan fingerprint density at radius 1 is 1.11 bits per heavy atom. The van der Waals surface area contributed by atoms with Crippen molar-refractivity contribution in [2.45, 2.75) is 12.6 Å². The predicted octanol–water partition coefficient (Wildman–Crippen LogP) is 6.14. The summed E-state index contributed by atoms with van der Waals surface area (Å²) in [5.74, 6) is -1.74. The van der Waals surface area contributed by atoms with Crippen LogP contribution in [0.3, 0.4) is 0 Å². The van der Waals surface area contributed by atoms with Gasteiger partial charge in [-0.1, -0.05) is 40.2 Å². The van der Waals surface area contributed by atoms with Crippen LogP contribution < -0.4 is 4.74 Å². The van der Waals surface area contributed by atoms with Crippen molar-refractivity contribution in [3.8, 4) is 5.75 Å². The molecule has 1 aliphatic heterocycles. The van der Waals surface area contributed by atoms with Crippen molar-refractivity contribution in [2.24, 2.45) is 0 Å². The predicted molar refractivity (Wildman–Crippen MR) is 141 cm³/mol. The summed E-state index contributed by atoms with van der Waals surface area (Å²) in [5, 5.41) is 11.6. The first-order chi connectivity index (χ1) is 18.4. The number of nitrogens with zero attached hydrogens (tertiary/aromatic N) is 1. The zero-order valence-electron chi connectivity index (χ0n) is 20.3. The average Bonchev–Trinajstić information content (AvgIpc) is 3.45. The Morgan fingerprint density at radius 3 is 2.66 bits per heavy atom. The van der Waals surface area contributed by atoms with Crippen molar-refractivity contribution in [3.05, 3.63) is 111 Å². The Hall–Kier alpha value is -3.95. The zero-order valence-corrected chi connectivity index (χ0v) is 21.9. The van der Waals surface area contributed by atoms with Crippen LogP contribution in [0, 0.1) is 5.82 Å². The Bertz CT molecular complexity index is 1540. The van der Waals surface area contributed by atoms with E-state index in [0.29, 0.717) is 22.3 Å². The fraction of sp³-hybridized carbons (Fsp3) is 0.172. The summed E-state index contributed by atoms with van der Waals surface area (Å²) in [4.78, 5) is 28.2. The molecule has 1 atom stereocenters. The van der Waals surface area contributed by atoms with E-state index in [9.17, 15) is 19.1 Å². The van der Waals surface area contributed by atoms with Gasteiger partial charge in [0, 0.05) is 23.5 Å². The van der Waals surface area contributed by atoms with Crippen LogP contribution in [0.15, 0.2) is 93.0 Å². The van der Waals surface area contributed by atoms with Gasteiger partial charge in [-0.25, -0.2) is 4.39 Å². The van der Waals surface area contributed by atoms with E-state index in [1.54, 1.807) is 54.6 Å². The Balaban J connectivity index is 1.49. The molecule has 0 fully saturated rings. The van der Waals surface area contributed by atoms with Crippen molar-refractivity contribution < 1.29 is 33.0 Å². The van der Waals surface area contributed by atoms with E-state index in [-0.39, 0.29) is 36.9 Å². The molecule has 1 aliphatic rings. The lowest BCUT2D eigenvalue weighted by atomic mass is 9.95. The number of aliphatic hydroxyl groups is 1. The number of halogens is 2. The quantitative estimate of drug-likeness (QED) is 0.240. The molecule has 9 heteroatoms. The number of carbonyl (C=O) groups is 2. The molecule has 4 aromatic rings. The van der Waals surface area contributed by atoms with Crippen LogP contribution in [0.1, 0.15) is 27.7 Å². The first-order valence-corrected chi connectivity index (χ1v) is 12.6. The average molecular weight is 580 g/mol. The van der Waals surface area contributed by atoms with Crippen LogP contribution in [0.4, 0.5) is 4.39 Å². The lowest BCUT2D eigenvalue weighted by molar-refractivity contribution is -0.130. The van der Waals surface area contributed by atoms with E-state index in [0.717, 1.165) is 10.0 Å². The molecule has 0 radical (unpaired) electrons. The molecule has 194 valence electrons. The highest BCUT2D eigenvalue weighted by Gasteiger charge is 2.44. The van der Waals surface area contributed by atoms with E-state index < -0.39 is 23.5 Å². The van der Waals surface area contributed by atoms with Gasteiger partial charge in [0.05, 0.1) is 18.2 Å². The third kappa shape index (κ3) is 5.07. The molecular formula is C29H23BrFNO6. The fourth-order valence-corrected chi connectivity index (χ4v) is 4.81. The largest absolute Gasteiger partial charge is 0.503 e. The van der Waals surface area contributed by atoms with Gasteiger partial charge in [-0.05, 0) is 59.7 Å². The molecule has 1 N–H and O–H groups in total. The number of furan rings is 1. The number of fused-ring (bicyclic) bond motifs is 1. The van der Waals surface area contributed by atoms with Crippen LogP contribution in [-0.2, 0) is 16.1 Å². The summed E-state index contributed by atoms with van der Waals surface area (Å²) in [6.07, 6.45) is 0. The van der Waals surface area contributed by atoms with Crippen molar-refractivity contribution in [1.82, 2.24) is 4.90 Å². The summed E-state index contributed by atoms with van der Waals surface area (Å²) >= 11 is 3.40. The summed E-state index contributed by atoms with van der Waals surface area (Å²) in [5.41, 5.74) is 1.77. The molecule has 5 rings (SSSR count). The minimum atomic E-state index is -0.889. The van der Waals surface area contributed by atoms with Crippen molar-refractivity contribution in [2.75, 3.05) is 20.3 Å². The lowest BCUT2D eigenvalue weighted by Crippen LogP contribution is -2.34. The molecular weight excluding hydrogens is 557 g/mol. The van der Waals surface area contributed by atoms with Gasteiger partial charge in [0.25, 0.3) is 5.91 Å². The molecule has 0 aliphatic carbocycles. The Labute approximate surface area is 226 Å². The fourth-order valence-electron chi connectivity index (χ4n) is 4.43. The standard InChI is InChI=1S/C29H23BrFNO6/c1-36-12-11-32-26(18-3-2-4-22(14-18)37-16-17-5-8-21(31)9-6-17)25(28(34)29(32)35)27(33)24-15-19-13-20(30)7-10-23(19)38-24/h2-10,13-15,26,34H,11-12,16H2,1H3. The van der Waals surface area contributed by atoms with Crippen molar-refractivity contribution >= 4 is 38.6 Å². The van der Waals surface area contributed by atoms with Gasteiger partial charge in [0.1, 0.15) is 23.8 Å². The third-order valence-corrected chi connectivity index (χ3v) is 6.77. The second kappa shape index (κ2) is 10.8. The van der Waals surface area contributed by atoms with E-state index in [1.165, 1.54) is 24.1 Å². The molecule has 0 saturated carbocycles. The molecule has 0 saturated heterocycles. The highest BCUT2D eigenvalue weighted by atomic mass is 79.9. The summed E-state index contributed by atoms with van der Waals surface area (Å²) in [7, 11) is 1.51. The molecule has 0 bridgehead atoms. The number of ketones is 1. The minimum Gasteiger partial charge on any atom is -0.503 e. The summed E-state index contributed by atoms with van der Waals surface area (Å²) in [6.45, 7) is 0.549. The normalized spacial score (nSPS) is 15.5. The van der Waals surface area contributed by atoms with E-state index in [1.807, 2.05) is 6.07 Å². The van der Waals surface area contributed by atoms with Crippen LogP contribution in [0.25, 0.3) is 11.0 Å². The van der Waals surface area contributed by atoms with Gasteiger partial charge in [-0.15, -0.1) is 0 Å². The zero-order chi connectivity index (χ0) is 26.8. The van der Waals surface area contributed by atoms with Gasteiger partial charge in [0.2, 0.25) is 5.78 Å². The van der Waals surface area contributed by atoms with Gasteiger partial charge < -0.3 is 23.9 Å². The first kappa shape index (κ1) is 25.7.